The molecule has 0 aliphatic carbocycles. The van der Waals surface area contributed by atoms with Crippen molar-refractivity contribution in [1.29, 1.82) is 0 Å². The first-order chi connectivity index (χ1) is 13.7. The molecule has 0 amide bonds. The summed E-state index contributed by atoms with van der Waals surface area (Å²) in [6.07, 6.45) is 3.28. The van der Waals surface area contributed by atoms with Gasteiger partial charge in [0.15, 0.2) is 0 Å². The summed E-state index contributed by atoms with van der Waals surface area (Å²) < 4.78 is 15.5. The molecule has 0 saturated heterocycles. The summed E-state index contributed by atoms with van der Waals surface area (Å²) in [5, 5.41) is 8.04. The maximum absolute atomic E-state index is 5.40. The first-order valence-electron chi connectivity index (χ1n) is 8.73. The van der Waals surface area contributed by atoms with Gasteiger partial charge < -0.3 is 18.7 Å². The Bertz CT molecular complexity index is 1030. The van der Waals surface area contributed by atoms with Gasteiger partial charge in [-0.15, -0.1) is 0 Å². The Morgan fingerprint density at radius 1 is 1.00 bits per heavy atom. The van der Waals surface area contributed by atoms with Crippen LogP contribution in [0.3, 0.4) is 0 Å². The molecule has 3 aromatic heterocycles. The van der Waals surface area contributed by atoms with Gasteiger partial charge >= 0.3 is 0 Å². The third kappa shape index (κ3) is 3.44. The molecular formula is C20H19N5O3. The molecule has 1 aromatic carbocycles. The first-order valence-corrected chi connectivity index (χ1v) is 8.73. The molecule has 0 radical (unpaired) electrons. The van der Waals surface area contributed by atoms with Crippen LogP contribution in [0.15, 0.2) is 64.0 Å². The molecule has 0 spiro atoms. The second kappa shape index (κ2) is 7.51. The van der Waals surface area contributed by atoms with Gasteiger partial charge in [0.05, 0.1) is 18.7 Å². The van der Waals surface area contributed by atoms with E-state index in [0.717, 1.165) is 28.4 Å². The van der Waals surface area contributed by atoms with Gasteiger partial charge in [0, 0.05) is 24.9 Å². The van der Waals surface area contributed by atoms with E-state index in [1.54, 1.807) is 19.6 Å². The Morgan fingerprint density at radius 2 is 1.79 bits per heavy atom. The summed E-state index contributed by atoms with van der Waals surface area (Å²) in [4.78, 5) is 11.0. The van der Waals surface area contributed by atoms with Gasteiger partial charge in [-0.1, -0.05) is 10.3 Å². The monoisotopic (exact) mass is 377 g/mol. The molecule has 1 unspecified atom stereocenters. The Labute approximate surface area is 161 Å². The van der Waals surface area contributed by atoms with Gasteiger partial charge in [0.2, 0.25) is 5.82 Å². The second-order valence-corrected chi connectivity index (χ2v) is 6.27. The van der Waals surface area contributed by atoms with Crippen LogP contribution in [0.5, 0.6) is 5.75 Å². The number of benzene rings is 1. The van der Waals surface area contributed by atoms with Gasteiger partial charge in [0.25, 0.3) is 5.89 Å². The number of rotatable bonds is 6. The van der Waals surface area contributed by atoms with Crippen LogP contribution in [0, 0.1) is 0 Å². The number of hydrogen-bond donors (Lipinski definition) is 0. The summed E-state index contributed by atoms with van der Waals surface area (Å²) in [6.45, 7) is 2.03. The van der Waals surface area contributed by atoms with E-state index in [2.05, 4.69) is 20.3 Å². The molecule has 4 rings (SSSR count). The van der Waals surface area contributed by atoms with Crippen molar-refractivity contribution in [3.63, 3.8) is 0 Å². The first kappa shape index (κ1) is 17.7. The van der Waals surface area contributed by atoms with E-state index in [4.69, 9.17) is 13.8 Å². The molecule has 0 aliphatic heterocycles. The van der Waals surface area contributed by atoms with Crippen LogP contribution < -0.4 is 9.64 Å². The fourth-order valence-electron chi connectivity index (χ4n) is 2.75. The summed E-state index contributed by atoms with van der Waals surface area (Å²) in [6, 6.07) is 13.2. The predicted octanol–water partition coefficient (Wildman–Crippen LogP) is 3.99. The van der Waals surface area contributed by atoms with Gasteiger partial charge in [0.1, 0.15) is 23.5 Å². The normalized spacial score (nSPS) is 12.0. The summed E-state index contributed by atoms with van der Waals surface area (Å²) in [5.74, 6) is 2.50. The fourth-order valence-corrected chi connectivity index (χ4v) is 2.75. The lowest BCUT2D eigenvalue weighted by molar-refractivity contribution is 0.406. The van der Waals surface area contributed by atoms with Crippen molar-refractivity contribution in [2.45, 2.75) is 13.0 Å². The summed E-state index contributed by atoms with van der Waals surface area (Å²) >= 11 is 0. The Morgan fingerprint density at radius 3 is 2.43 bits per heavy atom. The van der Waals surface area contributed by atoms with Crippen molar-refractivity contribution in [3.05, 3.63) is 60.6 Å². The minimum Gasteiger partial charge on any atom is -0.497 e. The van der Waals surface area contributed by atoms with Gasteiger partial charge in [-0.25, -0.2) is 4.98 Å². The molecule has 1 atom stereocenters. The van der Waals surface area contributed by atoms with Crippen molar-refractivity contribution in [3.8, 4) is 28.6 Å². The number of aromatic nitrogens is 4. The second-order valence-electron chi connectivity index (χ2n) is 6.27. The van der Waals surface area contributed by atoms with Crippen molar-refractivity contribution in [2.75, 3.05) is 19.1 Å². The van der Waals surface area contributed by atoms with Crippen LogP contribution in [0.25, 0.3) is 22.8 Å². The molecule has 0 fully saturated rings. The minimum atomic E-state index is 0.0298. The molecule has 0 saturated carbocycles. The lowest BCUT2D eigenvalue weighted by Crippen LogP contribution is -2.22. The molecule has 0 bridgehead atoms. The molecule has 8 nitrogen and oxygen atoms in total. The van der Waals surface area contributed by atoms with Crippen molar-refractivity contribution < 1.29 is 13.8 Å². The van der Waals surface area contributed by atoms with E-state index in [9.17, 15) is 0 Å². The molecule has 8 heteroatoms. The van der Waals surface area contributed by atoms with Crippen molar-refractivity contribution in [2.24, 2.45) is 0 Å². The van der Waals surface area contributed by atoms with Gasteiger partial charge in [-0.2, -0.15) is 4.98 Å². The fraction of sp³-hybridized carbons (Fsp3) is 0.200. The van der Waals surface area contributed by atoms with Gasteiger partial charge in [-0.3, -0.25) is 0 Å². The number of pyridine rings is 1. The lowest BCUT2D eigenvalue weighted by atomic mass is 10.2. The van der Waals surface area contributed by atoms with E-state index in [1.807, 2.05) is 61.3 Å². The van der Waals surface area contributed by atoms with Crippen LogP contribution in [0.1, 0.15) is 18.7 Å². The zero-order valence-corrected chi connectivity index (χ0v) is 15.7. The van der Waals surface area contributed by atoms with Crippen LogP contribution in [-0.2, 0) is 0 Å². The van der Waals surface area contributed by atoms with Crippen LogP contribution in [0.4, 0.5) is 5.82 Å². The zero-order valence-electron chi connectivity index (χ0n) is 15.7. The average molecular weight is 377 g/mol. The third-order valence-corrected chi connectivity index (χ3v) is 4.60. The van der Waals surface area contributed by atoms with E-state index in [1.165, 1.54) is 0 Å². The number of nitrogens with zero attached hydrogens (tertiary/aromatic N) is 5. The highest BCUT2D eigenvalue weighted by molar-refractivity contribution is 5.61. The SMILES string of the molecule is COc1ccc(-c2noc(-c3ccc(N(C)C(C)c4ccon4)nc3)n2)cc1. The topological polar surface area (TPSA) is 90.3 Å². The molecule has 28 heavy (non-hydrogen) atoms. The number of hydrogen-bond acceptors (Lipinski definition) is 8. The largest absolute Gasteiger partial charge is 0.497 e. The number of anilines is 1. The smallest absolute Gasteiger partial charge is 0.259 e. The molecule has 0 aliphatic rings. The highest BCUT2D eigenvalue weighted by Crippen LogP contribution is 2.26. The Hall–Kier alpha value is -3.68. The lowest BCUT2D eigenvalue weighted by Gasteiger charge is -2.24. The molecule has 4 aromatic rings. The summed E-state index contributed by atoms with van der Waals surface area (Å²) in [7, 11) is 3.58. The minimum absolute atomic E-state index is 0.0298. The molecule has 142 valence electrons. The van der Waals surface area contributed by atoms with Crippen LogP contribution in [-0.4, -0.2) is 34.4 Å². The summed E-state index contributed by atoms with van der Waals surface area (Å²) in [5.41, 5.74) is 2.44. The van der Waals surface area contributed by atoms with Crippen LogP contribution >= 0.6 is 0 Å². The van der Waals surface area contributed by atoms with Crippen molar-refractivity contribution in [1.82, 2.24) is 20.3 Å². The van der Waals surface area contributed by atoms with E-state index in [0.29, 0.717) is 11.7 Å². The third-order valence-electron chi connectivity index (χ3n) is 4.60. The maximum Gasteiger partial charge on any atom is 0.259 e. The Kier molecular flexibility index (Phi) is 4.76. The molecule has 0 N–H and O–H groups in total. The number of ether oxygens (including phenoxy) is 1. The van der Waals surface area contributed by atoms with Crippen LogP contribution in [0.2, 0.25) is 0 Å². The molecule has 3 heterocycles. The Balaban J connectivity index is 1.52. The van der Waals surface area contributed by atoms with E-state index in [-0.39, 0.29) is 6.04 Å². The van der Waals surface area contributed by atoms with E-state index >= 15 is 0 Å². The highest BCUT2D eigenvalue weighted by atomic mass is 16.5. The van der Waals surface area contributed by atoms with Crippen molar-refractivity contribution >= 4 is 5.82 Å². The number of methoxy groups -OCH3 is 1. The quantitative estimate of drug-likeness (QED) is 0.498. The maximum atomic E-state index is 5.40. The average Bonchev–Trinajstić information content (AvgIpc) is 3.45. The molecular weight excluding hydrogens is 358 g/mol. The predicted molar refractivity (Wildman–Crippen MR) is 103 cm³/mol. The standard InChI is InChI=1S/C20H19N5O3/c1-13(17-10-11-27-23-17)25(2)18-9-6-15(12-21-18)20-22-19(24-28-20)14-4-7-16(26-3)8-5-14/h4-13H,1-3H3. The van der Waals surface area contributed by atoms with E-state index < -0.39 is 0 Å². The zero-order chi connectivity index (χ0) is 19.5. The van der Waals surface area contributed by atoms with Gasteiger partial charge in [-0.05, 0) is 43.3 Å². The highest BCUT2D eigenvalue weighted by Gasteiger charge is 2.17.